The lowest BCUT2D eigenvalue weighted by Gasteiger charge is -2.41. The summed E-state index contributed by atoms with van der Waals surface area (Å²) >= 11 is 3.44. The van der Waals surface area contributed by atoms with E-state index in [1.54, 1.807) is 0 Å². The molecule has 112 valence electrons. The van der Waals surface area contributed by atoms with Gasteiger partial charge in [0.15, 0.2) is 5.78 Å². The first-order chi connectivity index (χ1) is 9.70. The number of rotatable bonds is 3. The van der Waals surface area contributed by atoms with Gasteiger partial charge in [0, 0.05) is 5.41 Å². The number of ketones is 1. The van der Waals surface area contributed by atoms with Crippen molar-refractivity contribution in [1.82, 2.24) is 4.90 Å². The van der Waals surface area contributed by atoms with Crippen molar-refractivity contribution in [2.45, 2.75) is 38.4 Å². The van der Waals surface area contributed by atoms with E-state index >= 15 is 0 Å². The van der Waals surface area contributed by atoms with Gasteiger partial charge in [-0.05, 0) is 18.3 Å². The van der Waals surface area contributed by atoms with Crippen molar-refractivity contribution in [3.8, 4) is 12.1 Å². The van der Waals surface area contributed by atoms with E-state index in [4.69, 9.17) is 10.5 Å². The minimum Gasteiger partial charge on any atom is -0.315 e. The minimum absolute atomic E-state index is 0.0564. The predicted octanol–water partition coefficient (Wildman–Crippen LogP) is 2.02. The van der Waals surface area contributed by atoms with E-state index < -0.39 is 21.1 Å². The molecule has 0 aromatic carbocycles. The second kappa shape index (κ2) is 4.81. The number of nitrogens with zero attached hydrogens (tertiary/aromatic N) is 3. The molecular formula is C15H18BrN3O2. The molecule has 0 heterocycles. The Morgan fingerprint density at radius 3 is 2.19 bits per heavy atom. The molecular weight excluding hydrogens is 334 g/mol. The third-order valence-electron chi connectivity index (χ3n) is 5.91. The number of nitriles is 2. The van der Waals surface area contributed by atoms with Crippen LogP contribution in [-0.4, -0.2) is 34.5 Å². The van der Waals surface area contributed by atoms with Crippen molar-refractivity contribution in [3.05, 3.63) is 0 Å². The van der Waals surface area contributed by atoms with Gasteiger partial charge >= 0.3 is 0 Å². The Hall–Kier alpha value is -1.40. The molecule has 0 N–H and O–H groups in total. The fourth-order valence-corrected chi connectivity index (χ4v) is 5.58. The molecule has 2 aliphatic carbocycles. The number of fused-ring (bicyclic) bond motifs is 2. The van der Waals surface area contributed by atoms with E-state index in [0.717, 1.165) is 0 Å². The molecule has 3 unspecified atom stereocenters. The monoisotopic (exact) mass is 351 g/mol. The summed E-state index contributed by atoms with van der Waals surface area (Å²) in [5.41, 5.74) is -1.92. The number of amides is 1. The topological polar surface area (TPSA) is 85.0 Å². The summed E-state index contributed by atoms with van der Waals surface area (Å²) in [6.45, 7) is 5.57. The van der Waals surface area contributed by atoms with Crippen LogP contribution in [0.4, 0.5) is 0 Å². The zero-order valence-corrected chi connectivity index (χ0v) is 14.0. The molecule has 21 heavy (non-hydrogen) atoms. The molecule has 1 amide bonds. The van der Waals surface area contributed by atoms with Gasteiger partial charge in [0.1, 0.15) is 13.1 Å². The summed E-state index contributed by atoms with van der Waals surface area (Å²) in [5.74, 6) is -0.201. The summed E-state index contributed by atoms with van der Waals surface area (Å²) < 4.78 is 0. The Morgan fingerprint density at radius 1 is 1.29 bits per heavy atom. The lowest BCUT2D eigenvalue weighted by atomic mass is 9.64. The van der Waals surface area contributed by atoms with E-state index in [1.165, 1.54) is 4.90 Å². The normalized spacial score (nSPS) is 36.1. The summed E-state index contributed by atoms with van der Waals surface area (Å²) in [7, 11) is 0. The van der Waals surface area contributed by atoms with E-state index in [0.29, 0.717) is 12.8 Å². The molecule has 2 saturated carbocycles. The summed E-state index contributed by atoms with van der Waals surface area (Å²) in [6.07, 6.45) is 1.27. The number of alkyl halides is 1. The zero-order valence-electron chi connectivity index (χ0n) is 12.4. The van der Waals surface area contributed by atoms with Crippen LogP contribution in [0.5, 0.6) is 0 Å². The molecule has 3 atom stereocenters. The number of carbonyl (C=O) groups is 2. The second-order valence-corrected chi connectivity index (χ2v) is 7.55. The van der Waals surface area contributed by atoms with E-state index in [-0.39, 0.29) is 24.8 Å². The van der Waals surface area contributed by atoms with Crippen LogP contribution in [0.15, 0.2) is 0 Å². The number of carbonyl (C=O) groups excluding carboxylic acids is 2. The smallest absolute Gasteiger partial charge is 0.232 e. The SMILES string of the molecule is CC12CCC(C(=O)N(CC#N)CC#N)(C(Br)C1=O)C2(C)C. The molecule has 2 fully saturated rings. The average Bonchev–Trinajstić information content (AvgIpc) is 2.70. The summed E-state index contributed by atoms with van der Waals surface area (Å²) in [6, 6.07) is 3.86. The number of halogens is 1. The van der Waals surface area contributed by atoms with Crippen molar-refractivity contribution in [2.24, 2.45) is 16.2 Å². The van der Waals surface area contributed by atoms with Crippen molar-refractivity contribution in [2.75, 3.05) is 13.1 Å². The molecule has 0 aromatic heterocycles. The Kier molecular flexibility index (Phi) is 3.66. The maximum atomic E-state index is 13.1. The van der Waals surface area contributed by atoms with E-state index in [9.17, 15) is 9.59 Å². The predicted molar refractivity (Wildman–Crippen MR) is 79.1 cm³/mol. The first kappa shape index (κ1) is 16.0. The molecule has 0 aromatic rings. The highest BCUT2D eigenvalue weighted by Gasteiger charge is 2.77. The van der Waals surface area contributed by atoms with Crippen molar-refractivity contribution in [3.63, 3.8) is 0 Å². The Morgan fingerprint density at radius 2 is 1.81 bits per heavy atom. The van der Waals surface area contributed by atoms with Crippen LogP contribution >= 0.6 is 15.9 Å². The second-order valence-electron chi connectivity index (χ2n) is 6.63. The van der Waals surface area contributed by atoms with Gasteiger partial charge < -0.3 is 4.90 Å². The lowest BCUT2D eigenvalue weighted by Crippen LogP contribution is -2.52. The van der Waals surface area contributed by atoms with Crippen LogP contribution in [0, 0.1) is 38.9 Å². The first-order valence-electron chi connectivity index (χ1n) is 6.92. The highest BCUT2D eigenvalue weighted by molar-refractivity contribution is 9.10. The van der Waals surface area contributed by atoms with Crippen LogP contribution in [0.1, 0.15) is 33.6 Å². The van der Waals surface area contributed by atoms with Crippen LogP contribution in [-0.2, 0) is 9.59 Å². The third kappa shape index (κ3) is 1.66. The van der Waals surface area contributed by atoms with E-state index in [2.05, 4.69) is 15.9 Å². The van der Waals surface area contributed by atoms with Gasteiger partial charge in [-0.3, -0.25) is 9.59 Å². The molecule has 2 bridgehead atoms. The standard InChI is InChI=1S/C15H18BrN3O2/c1-13(2)14(3)4-5-15(13,10(16)11(14)20)12(21)19(8-6-17)9-7-18/h10H,4-5,8-9H2,1-3H3. The maximum Gasteiger partial charge on any atom is 0.232 e. The zero-order chi connectivity index (χ0) is 16.1. The fourth-order valence-electron chi connectivity index (χ4n) is 4.08. The Bertz CT molecular complexity index is 573. The van der Waals surface area contributed by atoms with Crippen LogP contribution in [0.25, 0.3) is 0 Å². The first-order valence-corrected chi connectivity index (χ1v) is 7.84. The molecule has 2 aliphatic rings. The van der Waals surface area contributed by atoms with Gasteiger partial charge in [0.25, 0.3) is 0 Å². The molecule has 0 radical (unpaired) electrons. The number of Topliss-reactive ketones (excluding diaryl/α,β-unsaturated/α-hetero) is 1. The molecule has 5 nitrogen and oxygen atoms in total. The maximum absolute atomic E-state index is 13.1. The molecule has 0 saturated heterocycles. The Labute approximate surface area is 133 Å². The van der Waals surface area contributed by atoms with Gasteiger partial charge in [-0.25, -0.2) is 0 Å². The lowest BCUT2D eigenvalue weighted by molar-refractivity contribution is -0.145. The van der Waals surface area contributed by atoms with Crippen molar-refractivity contribution in [1.29, 1.82) is 10.5 Å². The van der Waals surface area contributed by atoms with Gasteiger partial charge in [0.05, 0.1) is 22.4 Å². The molecule has 0 aliphatic heterocycles. The van der Waals surface area contributed by atoms with Crippen LogP contribution in [0.3, 0.4) is 0 Å². The largest absolute Gasteiger partial charge is 0.315 e. The fraction of sp³-hybridized carbons (Fsp3) is 0.733. The van der Waals surface area contributed by atoms with Gasteiger partial charge in [-0.15, -0.1) is 0 Å². The van der Waals surface area contributed by atoms with Crippen LogP contribution < -0.4 is 0 Å². The van der Waals surface area contributed by atoms with Gasteiger partial charge in [0.2, 0.25) is 5.91 Å². The molecule has 6 heteroatoms. The minimum atomic E-state index is -0.869. The van der Waals surface area contributed by atoms with Crippen LogP contribution in [0.2, 0.25) is 0 Å². The van der Waals surface area contributed by atoms with Crippen molar-refractivity contribution >= 4 is 27.6 Å². The quantitative estimate of drug-likeness (QED) is 0.575. The van der Waals surface area contributed by atoms with Crippen molar-refractivity contribution < 1.29 is 9.59 Å². The molecule has 2 rings (SSSR count). The molecule has 0 spiro atoms. The van der Waals surface area contributed by atoms with E-state index in [1.807, 2.05) is 32.9 Å². The highest BCUT2D eigenvalue weighted by Crippen LogP contribution is 2.72. The third-order valence-corrected chi connectivity index (χ3v) is 7.11. The Balaban J connectivity index is 2.51. The number of hydrogen-bond donors (Lipinski definition) is 0. The summed E-state index contributed by atoms with van der Waals surface area (Å²) in [5, 5.41) is 17.8. The average molecular weight is 352 g/mol. The van der Waals surface area contributed by atoms with Gasteiger partial charge in [-0.2, -0.15) is 10.5 Å². The number of hydrogen-bond acceptors (Lipinski definition) is 4. The summed E-state index contributed by atoms with van der Waals surface area (Å²) in [4.78, 5) is 26.4. The highest BCUT2D eigenvalue weighted by atomic mass is 79.9. The van der Waals surface area contributed by atoms with Gasteiger partial charge in [-0.1, -0.05) is 36.7 Å².